The Morgan fingerprint density at radius 1 is 1.21 bits per heavy atom. The smallest absolute Gasteiger partial charge is 0.223 e. The van der Waals surface area contributed by atoms with Crippen LogP contribution in [0.1, 0.15) is 46.5 Å². The highest BCUT2D eigenvalue weighted by Gasteiger charge is 2.43. The summed E-state index contributed by atoms with van der Waals surface area (Å²) in [4.78, 5) is 11.9. The fraction of sp³-hybridized carbons (Fsp3) is 0.917. The summed E-state index contributed by atoms with van der Waals surface area (Å²) in [5.74, 6) is 2.18. The zero-order valence-electron chi connectivity index (χ0n) is 9.47. The van der Waals surface area contributed by atoms with E-state index in [4.69, 9.17) is 0 Å². The minimum Gasteiger partial charge on any atom is -0.351 e. The van der Waals surface area contributed by atoms with E-state index in [0.717, 1.165) is 12.3 Å². The number of hydrogen-bond acceptors (Lipinski definition) is 1. The summed E-state index contributed by atoms with van der Waals surface area (Å²) < 4.78 is 0. The second-order valence-corrected chi connectivity index (χ2v) is 6.02. The van der Waals surface area contributed by atoms with E-state index in [-0.39, 0.29) is 5.54 Å². The van der Waals surface area contributed by atoms with E-state index in [0.29, 0.717) is 17.7 Å². The molecule has 0 radical (unpaired) electrons. The van der Waals surface area contributed by atoms with Crippen LogP contribution in [0.2, 0.25) is 0 Å². The molecule has 1 N–H and O–H groups in total. The third-order valence-electron chi connectivity index (χ3n) is 3.57. The fourth-order valence-corrected chi connectivity index (χ4v) is 3.03. The number of carbonyl (C=O) groups is 1. The molecular weight excluding hydrogens is 174 g/mol. The van der Waals surface area contributed by atoms with Gasteiger partial charge in [0.2, 0.25) is 5.91 Å². The zero-order valence-corrected chi connectivity index (χ0v) is 9.47. The molecule has 2 aliphatic carbocycles. The van der Waals surface area contributed by atoms with Crippen molar-refractivity contribution in [2.45, 2.75) is 52.0 Å². The van der Waals surface area contributed by atoms with Crippen molar-refractivity contribution < 1.29 is 4.79 Å². The van der Waals surface area contributed by atoms with Crippen molar-refractivity contribution in [1.29, 1.82) is 0 Å². The van der Waals surface area contributed by atoms with Gasteiger partial charge in [-0.05, 0) is 51.9 Å². The molecular formula is C12H21NO. The van der Waals surface area contributed by atoms with Crippen molar-refractivity contribution in [2.24, 2.45) is 17.8 Å². The number of hydrogen-bond donors (Lipinski definition) is 1. The molecule has 0 aromatic carbocycles. The van der Waals surface area contributed by atoms with Gasteiger partial charge in [0.15, 0.2) is 0 Å². The molecule has 3 unspecified atom stereocenters. The van der Waals surface area contributed by atoms with Crippen molar-refractivity contribution in [2.75, 3.05) is 0 Å². The SMILES string of the molecule is CC(C)(C)NC(=O)C1CC2CCC1C2. The molecule has 2 aliphatic rings. The van der Waals surface area contributed by atoms with E-state index in [1.807, 2.05) is 0 Å². The van der Waals surface area contributed by atoms with E-state index in [1.54, 1.807) is 0 Å². The monoisotopic (exact) mass is 195 g/mol. The molecule has 0 aromatic heterocycles. The zero-order chi connectivity index (χ0) is 10.3. The van der Waals surface area contributed by atoms with Crippen LogP contribution in [0.3, 0.4) is 0 Å². The molecule has 2 fully saturated rings. The third kappa shape index (κ3) is 1.94. The first-order valence-electron chi connectivity index (χ1n) is 5.78. The van der Waals surface area contributed by atoms with Gasteiger partial charge in [-0.3, -0.25) is 4.79 Å². The van der Waals surface area contributed by atoms with Gasteiger partial charge in [0.25, 0.3) is 0 Å². The highest BCUT2D eigenvalue weighted by Crippen LogP contribution is 2.48. The number of amides is 1. The van der Waals surface area contributed by atoms with Gasteiger partial charge >= 0.3 is 0 Å². The second kappa shape index (κ2) is 3.25. The number of carbonyl (C=O) groups excluding carboxylic acids is 1. The quantitative estimate of drug-likeness (QED) is 0.683. The Morgan fingerprint density at radius 2 is 1.93 bits per heavy atom. The average Bonchev–Trinajstić information content (AvgIpc) is 2.59. The predicted octanol–water partition coefficient (Wildman–Crippen LogP) is 2.34. The summed E-state index contributed by atoms with van der Waals surface area (Å²) in [6.07, 6.45) is 5.10. The Morgan fingerprint density at radius 3 is 2.36 bits per heavy atom. The van der Waals surface area contributed by atoms with Gasteiger partial charge in [-0.1, -0.05) is 6.42 Å². The molecule has 2 bridgehead atoms. The summed E-state index contributed by atoms with van der Waals surface area (Å²) in [5.41, 5.74) is -0.0705. The Bertz CT molecular complexity index is 241. The lowest BCUT2D eigenvalue weighted by Gasteiger charge is -2.27. The minimum absolute atomic E-state index is 0.0705. The van der Waals surface area contributed by atoms with Crippen molar-refractivity contribution >= 4 is 5.91 Å². The summed E-state index contributed by atoms with van der Waals surface area (Å²) in [6, 6.07) is 0. The summed E-state index contributed by atoms with van der Waals surface area (Å²) in [7, 11) is 0. The van der Waals surface area contributed by atoms with Gasteiger partial charge in [-0.2, -0.15) is 0 Å². The maximum absolute atomic E-state index is 11.9. The van der Waals surface area contributed by atoms with Crippen LogP contribution < -0.4 is 5.32 Å². The van der Waals surface area contributed by atoms with Gasteiger partial charge in [0.05, 0.1) is 0 Å². The molecule has 1 amide bonds. The molecule has 80 valence electrons. The molecule has 2 nitrogen and oxygen atoms in total. The maximum Gasteiger partial charge on any atom is 0.223 e. The van der Waals surface area contributed by atoms with Crippen LogP contribution in [0.15, 0.2) is 0 Å². The fourth-order valence-electron chi connectivity index (χ4n) is 3.03. The normalized spacial score (nSPS) is 36.1. The van der Waals surface area contributed by atoms with Crippen LogP contribution in [-0.2, 0) is 4.79 Å². The van der Waals surface area contributed by atoms with Gasteiger partial charge < -0.3 is 5.32 Å². The Labute approximate surface area is 86.5 Å². The van der Waals surface area contributed by atoms with Gasteiger partial charge in [0.1, 0.15) is 0 Å². The molecule has 2 saturated carbocycles. The molecule has 0 spiro atoms. The predicted molar refractivity (Wildman–Crippen MR) is 56.8 cm³/mol. The molecule has 0 saturated heterocycles. The van der Waals surface area contributed by atoms with Crippen LogP contribution in [-0.4, -0.2) is 11.4 Å². The Balaban J connectivity index is 1.93. The standard InChI is InChI=1S/C12H21NO/c1-12(2,3)13-11(14)10-7-8-4-5-9(10)6-8/h8-10H,4-7H2,1-3H3,(H,13,14). The highest BCUT2D eigenvalue weighted by atomic mass is 16.2. The first-order valence-corrected chi connectivity index (χ1v) is 5.78. The van der Waals surface area contributed by atoms with E-state index >= 15 is 0 Å². The van der Waals surface area contributed by atoms with Crippen LogP contribution in [0.25, 0.3) is 0 Å². The molecule has 0 heterocycles. The summed E-state index contributed by atoms with van der Waals surface area (Å²) >= 11 is 0. The van der Waals surface area contributed by atoms with E-state index in [1.165, 1.54) is 19.3 Å². The summed E-state index contributed by atoms with van der Waals surface area (Å²) in [5, 5.41) is 3.11. The van der Waals surface area contributed by atoms with Gasteiger partial charge in [-0.15, -0.1) is 0 Å². The first-order chi connectivity index (χ1) is 6.46. The lowest BCUT2D eigenvalue weighted by molar-refractivity contribution is -0.128. The van der Waals surface area contributed by atoms with Crippen molar-refractivity contribution in [3.05, 3.63) is 0 Å². The van der Waals surface area contributed by atoms with E-state index in [9.17, 15) is 4.79 Å². The van der Waals surface area contributed by atoms with E-state index in [2.05, 4.69) is 26.1 Å². The van der Waals surface area contributed by atoms with Gasteiger partial charge in [0, 0.05) is 11.5 Å². The lowest BCUT2D eigenvalue weighted by Crippen LogP contribution is -2.45. The second-order valence-electron chi connectivity index (χ2n) is 6.02. The van der Waals surface area contributed by atoms with E-state index < -0.39 is 0 Å². The lowest BCUT2D eigenvalue weighted by atomic mass is 9.87. The number of fused-ring (bicyclic) bond motifs is 2. The van der Waals surface area contributed by atoms with Crippen molar-refractivity contribution in [3.63, 3.8) is 0 Å². The van der Waals surface area contributed by atoms with Crippen molar-refractivity contribution in [1.82, 2.24) is 5.32 Å². The van der Waals surface area contributed by atoms with Gasteiger partial charge in [-0.25, -0.2) is 0 Å². The molecule has 0 aromatic rings. The topological polar surface area (TPSA) is 29.1 Å². The van der Waals surface area contributed by atoms with Crippen LogP contribution in [0, 0.1) is 17.8 Å². The molecule has 3 atom stereocenters. The van der Waals surface area contributed by atoms with Crippen LogP contribution in [0.5, 0.6) is 0 Å². The number of nitrogens with one attached hydrogen (secondary N) is 1. The minimum atomic E-state index is -0.0705. The molecule has 0 aliphatic heterocycles. The third-order valence-corrected chi connectivity index (χ3v) is 3.57. The Kier molecular flexibility index (Phi) is 2.32. The molecule has 2 heteroatoms. The summed E-state index contributed by atoms with van der Waals surface area (Å²) in [6.45, 7) is 6.16. The Hall–Kier alpha value is -0.530. The average molecular weight is 195 g/mol. The first kappa shape index (κ1) is 10.0. The van der Waals surface area contributed by atoms with Crippen LogP contribution >= 0.6 is 0 Å². The van der Waals surface area contributed by atoms with Crippen LogP contribution in [0.4, 0.5) is 0 Å². The largest absolute Gasteiger partial charge is 0.351 e. The maximum atomic E-state index is 11.9. The molecule has 14 heavy (non-hydrogen) atoms. The van der Waals surface area contributed by atoms with Crippen molar-refractivity contribution in [3.8, 4) is 0 Å². The number of rotatable bonds is 1. The highest BCUT2D eigenvalue weighted by molar-refractivity contribution is 5.80. The molecule has 2 rings (SSSR count).